The molecule has 0 aliphatic carbocycles. The number of carbonyl (C=O) groups is 1. The summed E-state index contributed by atoms with van der Waals surface area (Å²) in [7, 11) is -3.55. The van der Waals surface area contributed by atoms with Crippen LogP contribution in [0.15, 0.2) is 42.5 Å². The molecular weight excluding hydrogens is 364 g/mol. The van der Waals surface area contributed by atoms with Crippen LogP contribution < -0.4 is 14.4 Å². The number of ether oxygens (including phenoxy) is 1. The molecule has 132 valence electrons. The van der Waals surface area contributed by atoms with Crippen LogP contribution in [-0.4, -0.2) is 33.2 Å². The predicted molar refractivity (Wildman–Crippen MR) is 97.9 cm³/mol. The molecule has 6 nitrogen and oxygen atoms in total. The summed E-state index contributed by atoms with van der Waals surface area (Å²) in [6.45, 7) is 1.77. The highest BCUT2D eigenvalue weighted by molar-refractivity contribution is 7.92. The van der Waals surface area contributed by atoms with Crippen LogP contribution in [0, 0.1) is 6.92 Å². The van der Waals surface area contributed by atoms with Crippen LogP contribution in [0.2, 0.25) is 5.02 Å². The van der Waals surface area contributed by atoms with Crippen LogP contribution in [0.3, 0.4) is 0 Å². The van der Waals surface area contributed by atoms with Gasteiger partial charge in [-0.15, -0.1) is 0 Å². The van der Waals surface area contributed by atoms with Gasteiger partial charge in [-0.1, -0.05) is 17.7 Å². The molecule has 0 radical (unpaired) electrons. The Morgan fingerprint density at radius 2 is 1.92 bits per heavy atom. The van der Waals surface area contributed by atoms with Gasteiger partial charge in [-0.05, 0) is 48.9 Å². The molecule has 0 bridgehead atoms. The lowest BCUT2D eigenvalue weighted by Crippen LogP contribution is -2.48. The Bertz CT molecular complexity index is 913. The lowest BCUT2D eigenvalue weighted by atomic mass is 10.1. The van der Waals surface area contributed by atoms with E-state index in [1.165, 1.54) is 4.31 Å². The van der Waals surface area contributed by atoms with Gasteiger partial charge in [0, 0.05) is 10.7 Å². The highest BCUT2D eigenvalue weighted by atomic mass is 35.5. The fraction of sp³-hybridized carbons (Fsp3) is 0.235. The Morgan fingerprint density at radius 3 is 2.56 bits per heavy atom. The molecule has 25 heavy (non-hydrogen) atoms. The first kappa shape index (κ1) is 17.6. The molecule has 0 aromatic heterocycles. The van der Waals surface area contributed by atoms with E-state index in [-0.39, 0.29) is 6.54 Å². The van der Waals surface area contributed by atoms with Gasteiger partial charge in [0.15, 0.2) is 6.10 Å². The van der Waals surface area contributed by atoms with E-state index in [1.807, 2.05) is 6.92 Å². The Morgan fingerprint density at radius 1 is 1.24 bits per heavy atom. The summed E-state index contributed by atoms with van der Waals surface area (Å²) in [6.07, 6.45) is 0.152. The molecule has 1 amide bonds. The maximum absolute atomic E-state index is 12.5. The Kier molecular flexibility index (Phi) is 4.62. The van der Waals surface area contributed by atoms with Gasteiger partial charge in [-0.3, -0.25) is 9.10 Å². The maximum Gasteiger partial charge on any atom is 0.267 e. The first-order chi connectivity index (χ1) is 11.7. The van der Waals surface area contributed by atoms with Crippen LogP contribution in [0.5, 0.6) is 5.75 Å². The summed E-state index contributed by atoms with van der Waals surface area (Å²) in [5.74, 6) is -0.0688. The molecule has 2 aromatic rings. The molecule has 2 aromatic carbocycles. The van der Waals surface area contributed by atoms with Gasteiger partial charge in [-0.25, -0.2) is 8.42 Å². The Hall–Kier alpha value is -2.25. The van der Waals surface area contributed by atoms with Crippen molar-refractivity contribution in [3.05, 3.63) is 53.1 Å². The van der Waals surface area contributed by atoms with Gasteiger partial charge in [0.25, 0.3) is 5.91 Å². The van der Waals surface area contributed by atoms with Crippen molar-refractivity contribution in [1.29, 1.82) is 0 Å². The minimum atomic E-state index is -3.55. The number of carbonyl (C=O) groups excluding carboxylic acids is 1. The molecule has 1 heterocycles. The van der Waals surface area contributed by atoms with E-state index in [2.05, 4.69) is 5.32 Å². The van der Waals surface area contributed by atoms with Gasteiger partial charge in [-0.2, -0.15) is 0 Å². The number of sulfonamides is 1. The molecule has 0 saturated carbocycles. The minimum absolute atomic E-state index is 0.0886. The van der Waals surface area contributed by atoms with E-state index in [0.29, 0.717) is 22.1 Å². The highest BCUT2D eigenvalue weighted by Gasteiger charge is 2.35. The maximum atomic E-state index is 12.5. The number of halogens is 1. The number of benzene rings is 2. The fourth-order valence-electron chi connectivity index (χ4n) is 2.57. The average Bonchev–Trinajstić information content (AvgIpc) is 2.55. The summed E-state index contributed by atoms with van der Waals surface area (Å²) < 4.78 is 31.2. The van der Waals surface area contributed by atoms with Crippen molar-refractivity contribution in [3.63, 3.8) is 0 Å². The summed E-state index contributed by atoms with van der Waals surface area (Å²) >= 11 is 5.82. The fourth-order valence-corrected chi connectivity index (χ4v) is 3.60. The van der Waals surface area contributed by atoms with E-state index >= 15 is 0 Å². The molecule has 1 atom stereocenters. The van der Waals surface area contributed by atoms with Crippen LogP contribution >= 0.6 is 11.6 Å². The number of nitrogens with one attached hydrogen (secondary N) is 1. The van der Waals surface area contributed by atoms with Crippen molar-refractivity contribution in [3.8, 4) is 5.75 Å². The monoisotopic (exact) mass is 380 g/mol. The number of rotatable bonds is 3. The Labute approximate surface area is 151 Å². The summed E-state index contributed by atoms with van der Waals surface area (Å²) in [5, 5.41) is 3.26. The average molecular weight is 381 g/mol. The normalized spacial score (nSPS) is 16.8. The van der Waals surface area contributed by atoms with Crippen LogP contribution in [0.1, 0.15) is 5.56 Å². The zero-order valence-corrected chi connectivity index (χ0v) is 15.3. The molecule has 1 N–H and O–H groups in total. The summed E-state index contributed by atoms with van der Waals surface area (Å²) in [6, 6.07) is 11.8. The van der Waals surface area contributed by atoms with Crippen molar-refractivity contribution >= 4 is 38.9 Å². The quantitative estimate of drug-likeness (QED) is 0.888. The Balaban J connectivity index is 1.87. The molecule has 3 rings (SSSR count). The van der Waals surface area contributed by atoms with Crippen molar-refractivity contribution in [1.82, 2.24) is 0 Å². The molecule has 8 heteroatoms. The standard InChI is InChI=1S/C17H17ClN2O4S/c1-11-3-8-15-14(9-11)20(25(2,22)23)10-16(24-15)17(21)19-13-6-4-12(18)5-7-13/h3-9,16H,10H2,1-2H3,(H,19,21)/t16-/m1/s1. The number of fused-ring (bicyclic) bond motifs is 1. The molecule has 0 fully saturated rings. The largest absolute Gasteiger partial charge is 0.476 e. The van der Waals surface area contributed by atoms with Gasteiger partial charge in [0.2, 0.25) is 10.0 Å². The smallest absolute Gasteiger partial charge is 0.267 e. The van der Waals surface area contributed by atoms with Crippen molar-refractivity contribution in [2.45, 2.75) is 13.0 Å². The summed E-state index contributed by atoms with van der Waals surface area (Å²) in [5.41, 5.74) is 1.90. The SMILES string of the molecule is Cc1ccc2c(c1)N(S(C)(=O)=O)C[C@H](C(=O)Nc1ccc(Cl)cc1)O2. The van der Waals surface area contributed by atoms with E-state index in [9.17, 15) is 13.2 Å². The number of anilines is 2. The van der Waals surface area contributed by atoms with E-state index in [0.717, 1.165) is 11.8 Å². The lowest BCUT2D eigenvalue weighted by Gasteiger charge is -2.34. The molecule has 1 aliphatic heterocycles. The zero-order valence-electron chi connectivity index (χ0n) is 13.7. The first-order valence-corrected chi connectivity index (χ1v) is 9.78. The van der Waals surface area contributed by atoms with Gasteiger partial charge < -0.3 is 10.1 Å². The van der Waals surface area contributed by atoms with Gasteiger partial charge >= 0.3 is 0 Å². The molecular formula is C17H17ClN2O4S. The summed E-state index contributed by atoms with van der Waals surface area (Å²) in [4.78, 5) is 12.5. The highest BCUT2D eigenvalue weighted by Crippen LogP contribution is 2.36. The molecule has 1 aliphatic rings. The molecule has 0 spiro atoms. The van der Waals surface area contributed by atoms with Crippen molar-refractivity contribution < 1.29 is 17.9 Å². The van der Waals surface area contributed by atoms with Gasteiger partial charge in [0.1, 0.15) is 5.75 Å². The number of hydrogen-bond donors (Lipinski definition) is 1. The van der Waals surface area contributed by atoms with E-state index < -0.39 is 22.0 Å². The number of amides is 1. The second kappa shape index (κ2) is 6.57. The minimum Gasteiger partial charge on any atom is -0.476 e. The predicted octanol–water partition coefficient (Wildman–Crippen LogP) is 2.81. The van der Waals surface area contributed by atoms with Crippen molar-refractivity contribution in [2.24, 2.45) is 0 Å². The molecule has 0 unspecified atom stereocenters. The van der Waals surface area contributed by atoms with Crippen LogP contribution in [-0.2, 0) is 14.8 Å². The second-order valence-corrected chi connectivity index (χ2v) is 8.21. The van der Waals surface area contributed by atoms with Crippen molar-refractivity contribution in [2.75, 3.05) is 22.4 Å². The van der Waals surface area contributed by atoms with Crippen LogP contribution in [0.25, 0.3) is 0 Å². The topological polar surface area (TPSA) is 75.7 Å². The number of aryl methyl sites for hydroxylation is 1. The zero-order chi connectivity index (χ0) is 18.2. The van der Waals surface area contributed by atoms with Crippen LogP contribution in [0.4, 0.5) is 11.4 Å². The van der Waals surface area contributed by atoms with E-state index in [1.54, 1.807) is 42.5 Å². The second-order valence-electron chi connectivity index (χ2n) is 5.87. The lowest BCUT2D eigenvalue weighted by molar-refractivity contribution is -0.122. The third kappa shape index (κ3) is 3.88. The van der Waals surface area contributed by atoms with E-state index in [4.69, 9.17) is 16.3 Å². The number of nitrogens with zero attached hydrogens (tertiary/aromatic N) is 1. The van der Waals surface area contributed by atoms with Gasteiger partial charge in [0.05, 0.1) is 18.5 Å². The third-order valence-electron chi connectivity index (χ3n) is 3.79. The number of hydrogen-bond acceptors (Lipinski definition) is 4. The molecule has 0 saturated heterocycles. The first-order valence-electron chi connectivity index (χ1n) is 7.55. The third-order valence-corrected chi connectivity index (χ3v) is 5.19.